The van der Waals surface area contributed by atoms with Crippen LogP contribution in [0.2, 0.25) is 0 Å². The Hall–Kier alpha value is -2.64. The topological polar surface area (TPSA) is 121 Å². The highest BCUT2D eigenvalue weighted by Crippen LogP contribution is 2.33. The van der Waals surface area contributed by atoms with Gasteiger partial charge >= 0.3 is 12.1 Å². The number of likely N-dealkylation sites (tertiary alicyclic amines) is 1. The highest BCUT2D eigenvalue weighted by Gasteiger charge is 2.40. The minimum atomic E-state index is -1.17. The molecule has 0 saturated carbocycles. The monoisotopic (exact) mass is 280 g/mol. The van der Waals surface area contributed by atoms with Gasteiger partial charge in [0.1, 0.15) is 0 Å². The fraction of sp³-hybridized carbons (Fsp3) is 0.333. The van der Waals surface area contributed by atoms with Crippen LogP contribution in [0.15, 0.2) is 24.3 Å². The first kappa shape index (κ1) is 13.8. The Bertz CT molecular complexity index is 556. The number of nitro groups is 1. The van der Waals surface area contributed by atoms with Crippen LogP contribution in [-0.2, 0) is 4.79 Å². The van der Waals surface area contributed by atoms with Crippen molar-refractivity contribution in [1.29, 1.82) is 0 Å². The molecule has 2 rings (SSSR count). The number of carboxylic acids is 1. The third-order valence-corrected chi connectivity index (χ3v) is 3.44. The molecule has 2 atom stereocenters. The quantitative estimate of drug-likeness (QED) is 0.637. The van der Waals surface area contributed by atoms with Crippen LogP contribution in [0.1, 0.15) is 11.5 Å². The number of hydrogen-bond donors (Lipinski definition) is 2. The minimum absolute atomic E-state index is 0.0735. The molecule has 0 aromatic heterocycles. The molecule has 1 heterocycles. The molecule has 8 heteroatoms. The lowest BCUT2D eigenvalue weighted by molar-refractivity contribution is -0.384. The Morgan fingerprint density at radius 1 is 1.20 bits per heavy atom. The van der Waals surface area contributed by atoms with Gasteiger partial charge in [0, 0.05) is 31.1 Å². The molecule has 0 bridgehead atoms. The van der Waals surface area contributed by atoms with Crippen molar-refractivity contribution < 1.29 is 24.7 Å². The number of amides is 1. The molecule has 0 aliphatic carbocycles. The molecule has 1 saturated heterocycles. The number of aliphatic carboxylic acids is 1. The van der Waals surface area contributed by atoms with Crippen molar-refractivity contribution in [1.82, 2.24) is 4.90 Å². The predicted molar refractivity (Wildman–Crippen MR) is 66.6 cm³/mol. The number of rotatable bonds is 3. The lowest BCUT2D eigenvalue weighted by Crippen LogP contribution is -2.28. The summed E-state index contributed by atoms with van der Waals surface area (Å²) in [5.41, 5.74) is 0.500. The highest BCUT2D eigenvalue weighted by molar-refractivity contribution is 5.75. The number of carbonyl (C=O) groups is 2. The standard InChI is InChI=1S/C12H12N2O6/c15-11(16)10-6-13(12(17)18)5-9(10)7-1-3-8(4-2-7)14(19)20/h1-4,9-10H,5-6H2,(H,15,16)(H,17,18). The number of hydrogen-bond acceptors (Lipinski definition) is 4. The minimum Gasteiger partial charge on any atom is -0.481 e. The van der Waals surface area contributed by atoms with E-state index in [1.807, 2.05) is 0 Å². The van der Waals surface area contributed by atoms with E-state index in [9.17, 15) is 19.7 Å². The Labute approximate surface area is 113 Å². The van der Waals surface area contributed by atoms with E-state index in [1.165, 1.54) is 24.3 Å². The lowest BCUT2D eigenvalue weighted by Gasteiger charge is -2.14. The molecule has 1 amide bonds. The number of nitro benzene ring substituents is 1. The van der Waals surface area contributed by atoms with E-state index in [4.69, 9.17) is 10.2 Å². The maximum atomic E-state index is 11.2. The Morgan fingerprint density at radius 2 is 1.80 bits per heavy atom. The number of nitrogens with zero attached hydrogens (tertiary/aromatic N) is 2. The summed E-state index contributed by atoms with van der Waals surface area (Å²) in [5, 5.41) is 28.7. The van der Waals surface area contributed by atoms with E-state index in [1.54, 1.807) is 0 Å². The molecular weight excluding hydrogens is 268 g/mol. The lowest BCUT2D eigenvalue weighted by atomic mass is 9.89. The van der Waals surface area contributed by atoms with Crippen LogP contribution >= 0.6 is 0 Å². The van der Waals surface area contributed by atoms with Gasteiger partial charge in [-0.25, -0.2) is 4.79 Å². The first-order valence-electron chi connectivity index (χ1n) is 5.85. The molecule has 1 fully saturated rings. The van der Waals surface area contributed by atoms with Crippen LogP contribution in [0.4, 0.5) is 10.5 Å². The van der Waals surface area contributed by atoms with E-state index in [2.05, 4.69) is 0 Å². The Kier molecular flexibility index (Phi) is 3.55. The maximum absolute atomic E-state index is 11.2. The van der Waals surface area contributed by atoms with Gasteiger partial charge in [-0.15, -0.1) is 0 Å². The summed E-state index contributed by atoms with van der Waals surface area (Å²) in [6.45, 7) is -0.00354. The van der Waals surface area contributed by atoms with Crippen molar-refractivity contribution >= 4 is 17.7 Å². The number of carboxylic acid groups (broad SMARTS) is 2. The largest absolute Gasteiger partial charge is 0.481 e. The van der Waals surface area contributed by atoms with Gasteiger partial charge < -0.3 is 15.1 Å². The second-order valence-electron chi connectivity index (χ2n) is 4.59. The van der Waals surface area contributed by atoms with Crippen molar-refractivity contribution in [2.75, 3.05) is 13.1 Å². The molecule has 20 heavy (non-hydrogen) atoms. The van der Waals surface area contributed by atoms with Gasteiger partial charge in [0.2, 0.25) is 0 Å². The normalized spacial score (nSPS) is 21.7. The van der Waals surface area contributed by atoms with E-state index in [0.717, 1.165) is 4.90 Å². The van der Waals surface area contributed by atoms with Crippen LogP contribution in [0.5, 0.6) is 0 Å². The third-order valence-electron chi connectivity index (χ3n) is 3.44. The van der Waals surface area contributed by atoms with Crippen molar-refractivity contribution in [3.05, 3.63) is 39.9 Å². The van der Waals surface area contributed by atoms with E-state index in [0.29, 0.717) is 5.56 Å². The molecule has 2 N–H and O–H groups in total. The summed E-state index contributed by atoms with van der Waals surface area (Å²) < 4.78 is 0. The molecule has 8 nitrogen and oxygen atoms in total. The Balaban J connectivity index is 2.27. The fourth-order valence-corrected chi connectivity index (χ4v) is 2.39. The van der Waals surface area contributed by atoms with Crippen LogP contribution in [-0.4, -0.2) is 45.2 Å². The van der Waals surface area contributed by atoms with Crippen LogP contribution in [0, 0.1) is 16.0 Å². The third kappa shape index (κ3) is 2.53. The number of non-ortho nitro benzene ring substituents is 1. The second kappa shape index (κ2) is 5.16. The molecule has 2 unspecified atom stereocenters. The van der Waals surface area contributed by atoms with Crippen molar-refractivity contribution in [2.24, 2.45) is 5.92 Å². The molecule has 1 aromatic carbocycles. The van der Waals surface area contributed by atoms with Crippen molar-refractivity contribution in [3.8, 4) is 0 Å². The zero-order valence-corrected chi connectivity index (χ0v) is 10.3. The SMILES string of the molecule is O=C(O)C1CN(C(=O)O)CC1c1ccc([N+](=O)[O-])cc1. The Morgan fingerprint density at radius 3 is 2.25 bits per heavy atom. The van der Waals surface area contributed by atoms with E-state index < -0.39 is 28.8 Å². The molecular formula is C12H12N2O6. The maximum Gasteiger partial charge on any atom is 0.407 e. The van der Waals surface area contributed by atoms with E-state index >= 15 is 0 Å². The van der Waals surface area contributed by atoms with Gasteiger partial charge in [-0.3, -0.25) is 14.9 Å². The smallest absolute Gasteiger partial charge is 0.407 e. The summed E-state index contributed by atoms with van der Waals surface area (Å²) in [7, 11) is 0. The zero-order chi connectivity index (χ0) is 14.9. The summed E-state index contributed by atoms with van der Waals surface area (Å²) in [4.78, 5) is 33.2. The summed E-state index contributed by atoms with van der Waals surface area (Å²) >= 11 is 0. The summed E-state index contributed by atoms with van der Waals surface area (Å²) in [5.74, 6) is -2.41. The van der Waals surface area contributed by atoms with Gasteiger partial charge in [0.25, 0.3) is 5.69 Å². The van der Waals surface area contributed by atoms with Crippen molar-refractivity contribution in [3.63, 3.8) is 0 Å². The van der Waals surface area contributed by atoms with Gasteiger partial charge in [0.15, 0.2) is 0 Å². The molecule has 1 aromatic rings. The van der Waals surface area contributed by atoms with Gasteiger partial charge in [0.05, 0.1) is 10.8 Å². The number of benzene rings is 1. The van der Waals surface area contributed by atoms with Gasteiger partial charge in [-0.05, 0) is 5.56 Å². The first-order chi connectivity index (χ1) is 9.40. The molecule has 1 aliphatic rings. The molecule has 0 radical (unpaired) electrons. The van der Waals surface area contributed by atoms with Gasteiger partial charge in [-0.2, -0.15) is 0 Å². The highest BCUT2D eigenvalue weighted by atomic mass is 16.6. The summed E-state index contributed by atoms with van der Waals surface area (Å²) in [6.07, 6.45) is -1.17. The van der Waals surface area contributed by atoms with Crippen LogP contribution in [0.3, 0.4) is 0 Å². The average Bonchev–Trinajstić information content (AvgIpc) is 2.84. The molecule has 0 spiro atoms. The molecule has 106 valence electrons. The fourth-order valence-electron chi connectivity index (χ4n) is 2.39. The first-order valence-corrected chi connectivity index (χ1v) is 5.85. The zero-order valence-electron chi connectivity index (χ0n) is 10.3. The predicted octanol–water partition coefficient (Wildman–Crippen LogP) is 1.37. The average molecular weight is 280 g/mol. The van der Waals surface area contributed by atoms with E-state index in [-0.39, 0.29) is 18.8 Å². The second-order valence-corrected chi connectivity index (χ2v) is 4.59. The van der Waals surface area contributed by atoms with Crippen LogP contribution < -0.4 is 0 Å². The van der Waals surface area contributed by atoms with Crippen molar-refractivity contribution in [2.45, 2.75) is 5.92 Å². The summed E-state index contributed by atoms with van der Waals surface area (Å²) in [6, 6.07) is 5.53. The molecule has 1 aliphatic heterocycles. The van der Waals surface area contributed by atoms with Crippen LogP contribution in [0.25, 0.3) is 0 Å². The van der Waals surface area contributed by atoms with Gasteiger partial charge in [-0.1, -0.05) is 12.1 Å².